The number of aliphatic imine (C=N–C) groups is 2. The summed E-state index contributed by atoms with van der Waals surface area (Å²) in [5.74, 6) is -2.91. The van der Waals surface area contributed by atoms with Crippen LogP contribution in [0.5, 0.6) is 11.9 Å². The van der Waals surface area contributed by atoms with E-state index in [-0.39, 0.29) is 23.2 Å². The van der Waals surface area contributed by atoms with E-state index in [1.807, 2.05) is 60.7 Å². The molecule has 2 heterocycles. The van der Waals surface area contributed by atoms with Crippen LogP contribution >= 0.6 is 21.6 Å². The first-order valence-electron chi connectivity index (χ1n) is 14.1. The van der Waals surface area contributed by atoms with E-state index in [9.17, 15) is 30.0 Å². The summed E-state index contributed by atoms with van der Waals surface area (Å²) in [6, 6.07) is 16.2. The van der Waals surface area contributed by atoms with E-state index in [0.717, 1.165) is 45.1 Å². The van der Waals surface area contributed by atoms with Crippen molar-refractivity contribution in [2.24, 2.45) is 9.98 Å². The molecule has 242 valence electrons. The van der Waals surface area contributed by atoms with Crippen LogP contribution in [0.3, 0.4) is 0 Å². The van der Waals surface area contributed by atoms with Gasteiger partial charge in [-0.25, -0.2) is 19.6 Å². The van der Waals surface area contributed by atoms with Gasteiger partial charge in [-0.15, -0.1) is 0 Å². The predicted molar refractivity (Wildman–Crippen MR) is 176 cm³/mol. The summed E-state index contributed by atoms with van der Waals surface area (Å²) in [4.78, 5) is 41.4. The van der Waals surface area contributed by atoms with E-state index in [1.165, 1.54) is 0 Å². The van der Waals surface area contributed by atoms with Crippen LogP contribution in [0.2, 0.25) is 0 Å². The minimum Gasteiger partial charge on any atom is -0.480 e. The van der Waals surface area contributed by atoms with Gasteiger partial charge in [-0.05, 0) is 38.8 Å². The molecule has 0 aliphatic heterocycles. The third-order valence-electron chi connectivity index (χ3n) is 6.70. The van der Waals surface area contributed by atoms with Gasteiger partial charge in [0.05, 0.1) is 21.9 Å². The fraction of sp³-hybridized carbons (Fsp3) is 0.312. The van der Waals surface area contributed by atoms with Crippen molar-refractivity contribution in [1.82, 2.24) is 9.97 Å². The Bertz CT molecular complexity index is 1580. The molecule has 4 rings (SSSR count). The zero-order valence-corrected chi connectivity index (χ0v) is 27.2. The lowest BCUT2D eigenvalue weighted by Gasteiger charge is -2.33. The maximum absolute atomic E-state index is 12.3. The number of aromatic nitrogens is 2. The SMILES string of the molecule is CC(C)(SSC(C)(C)C(N=Cc1nc(Cc2ccccc2)oc1O)C(=O)O)C(N=Cc1nc(Cc2ccccc2)oc1O)C(=O)O. The van der Waals surface area contributed by atoms with Crippen molar-refractivity contribution in [2.45, 2.75) is 62.1 Å². The number of carboxylic acid groups (broad SMARTS) is 2. The number of aromatic hydroxyl groups is 2. The summed E-state index contributed by atoms with van der Waals surface area (Å²) in [7, 11) is 2.28. The number of hydrogen-bond donors (Lipinski definition) is 4. The lowest BCUT2D eigenvalue weighted by atomic mass is 10.0. The Morgan fingerprint density at radius 1 is 0.717 bits per heavy atom. The normalized spacial score (nSPS) is 13.7. The van der Waals surface area contributed by atoms with Gasteiger partial charge >= 0.3 is 23.8 Å². The van der Waals surface area contributed by atoms with Crippen molar-refractivity contribution in [2.75, 3.05) is 0 Å². The molecule has 4 aromatic rings. The van der Waals surface area contributed by atoms with Gasteiger partial charge in [0.15, 0.2) is 23.5 Å². The van der Waals surface area contributed by atoms with Crippen molar-refractivity contribution in [3.63, 3.8) is 0 Å². The molecule has 12 nitrogen and oxygen atoms in total. The second-order valence-corrected chi connectivity index (χ2v) is 14.8. The number of rotatable bonds is 15. The molecule has 0 aliphatic carbocycles. The molecule has 2 unspecified atom stereocenters. The fourth-order valence-corrected chi connectivity index (χ4v) is 7.05. The van der Waals surface area contributed by atoms with Crippen LogP contribution in [0.1, 0.15) is 62.0 Å². The van der Waals surface area contributed by atoms with Crippen molar-refractivity contribution >= 4 is 46.0 Å². The van der Waals surface area contributed by atoms with Crippen LogP contribution < -0.4 is 0 Å². The fourth-order valence-electron chi connectivity index (χ4n) is 4.28. The molecule has 46 heavy (non-hydrogen) atoms. The molecule has 4 N–H and O–H groups in total. The molecule has 0 radical (unpaired) electrons. The van der Waals surface area contributed by atoms with Crippen LogP contribution in [0.15, 0.2) is 79.5 Å². The summed E-state index contributed by atoms with van der Waals surface area (Å²) >= 11 is 0. The maximum atomic E-state index is 12.3. The molecule has 0 spiro atoms. The van der Waals surface area contributed by atoms with Gasteiger partial charge in [0.1, 0.15) is 0 Å². The molecule has 2 aromatic heterocycles. The molecule has 0 aliphatic rings. The Balaban J connectivity index is 1.44. The van der Waals surface area contributed by atoms with E-state index in [1.54, 1.807) is 27.7 Å². The first-order valence-corrected chi connectivity index (χ1v) is 16.2. The van der Waals surface area contributed by atoms with Gasteiger partial charge in [-0.1, -0.05) is 82.3 Å². The molecule has 2 aromatic carbocycles. The molecule has 0 saturated heterocycles. The molecular formula is C32H34N4O8S2. The minimum absolute atomic E-state index is 0.00530. The number of carboxylic acids is 2. The van der Waals surface area contributed by atoms with Gasteiger partial charge in [-0.3, -0.25) is 9.98 Å². The van der Waals surface area contributed by atoms with Crippen LogP contribution in [0, 0.1) is 0 Å². The van der Waals surface area contributed by atoms with E-state index in [4.69, 9.17) is 8.83 Å². The highest BCUT2D eigenvalue weighted by molar-refractivity contribution is 8.77. The summed E-state index contributed by atoms with van der Waals surface area (Å²) < 4.78 is 8.55. The quantitative estimate of drug-likeness (QED) is 0.0903. The topological polar surface area (TPSA) is 192 Å². The lowest BCUT2D eigenvalue weighted by Crippen LogP contribution is -2.41. The number of oxazole rings is 2. The van der Waals surface area contributed by atoms with Crippen LogP contribution in [0.4, 0.5) is 0 Å². The number of hydrogen-bond acceptors (Lipinski definition) is 12. The second-order valence-electron chi connectivity index (χ2n) is 11.3. The number of carbonyl (C=O) groups is 2. The van der Waals surface area contributed by atoms with E-state index in [2.05, 4.69) is 20.0 Å². The van der Waals surface area contributed by atoms with Gasteiger partial charge in [-0.2, -0.15) is 0 Å². The van der Waals surface area contributed by atoms with Crippen molar-refractivity contribution < 1.29 is 38.8 Å². The smallest absolute Gasteiger partial charge is 0.329 e. The first kappa shape index (κ1) is 34.3. The first-order chi connectivity index (χ1) is 21.7. The van der Waals surface area contributed by atoms with Crippen molar-refractivity contribution in [3.05, 3.63) is 95.0 Å². The monoisotopic (exact) mass is 666 g/mol. The summed E-state index contributed by atoms with van der Waals surface area (Å²) in [5.41, 5.74) is 1.83. The van der Waals surface area contributed by atoms with E-state index >= 15 is 0 Å². The number of nitrogens with zero attached hydrogens (tertiary/aromatic N) is 4. The van der Waals surface area contributed by atoms with Crippen molar-refractivity contribution in [1.29, 1.82) is 0 Å². The van der Waals surface area contributed by atoms with Crippen LogP contribution in [-0.4, -0.2) is 76.3 Å². The average Bonchev–Trinajstić information content (AvgIpc) is 3.52. The van der Waals surface area contributed by atoms with Crippen LogP contribution in [-0.2, 0) is 22.4 Å². The highest BCUT2D eigenvalue weighted by atomic mass is 33.1. The molecule has 0 amide bonds. The number of benzene rings is 2. The third kappa shape index (κ3) is 9.01. The van der Waals surface area contributed by atoms with Gasteiger partial charge in [0.2, 0.25) is 11.8 Å². The molecule has 14 heteroatoms. The highest BCUT2D eigenvalue weighted by Crippen LogP contribution is 2.48. The summed E-state index contributed by atoms with van der Waals surface area (Å²) in [5, 5.41) is 40.5. The Morgan fingerprint density at radius 3 is 1.39 bits per heavy atom. The Morgan fingerprint density at radius 2 is 1.07 bits per heavy atom. The highest BCUT2D eigenvalue weighted by Gasteiger charge is 2.42. The zero-order chi connectivity index (χ0) is 33.5. The summed E-state index contributed by atoms with van der Waals surface area (Å²) in [6.07, 6.45) is 2.97. The molecule has 0 saturated carbocycles. The van der Waals surface area contributed by atoms with Crippen LogP contribution in [0.25, 0.3) is 0 Å². The zero-order valence-electron chi connectivity index (χ0n) is 25.5. The Labute approximate surface area is 273 Å². The largest absolute Gasteiger partial charge is 0.480 e. The standard InChI is InChI=1S/C32H34N4O8S2/c1-31(2,25(27(37)38)33-17-21-29(41)43-23(35-21)15-19-11-7-5-8-12-19)45-46-32(3,4)26(28(39)40)34-18-22-30(42)44-24(36-22)16-20-13-9-6-10-14-20/h5-14,17-18,25-26,41-42H,15-16H2,1-4H3,(H,37,38)(H,39,40). The second kappa shape index (κ2) is 14.7. The molecule has 0 fully saturated rings. The van der Waals surface area contributed by atoms with E-state index in [0.29, 0.717) is 12.8 Å². The summed E-state index contributed by atoms with van der Waals surface area (Å²) in [6.45, 7) is 6.67. The molecule has 2 atom stereocenters. The maximum Gasteiger partial charge on any atom is 0.329 e. The van der Waals surface area contributed by atoms with E-state index < -0.39 is 45.4 Å². The third-order valence-corrected chi connectivity index (χ3v) is 10.9. The van der Waals surface area contributed by atoms with Gasteiger partial charge in [0.25, 0.3) is 0 Å². The van der Waals surface area contributed by atoms with Crippen molar-refractivity contribution in [3.8, 4) is 11.9 Å². The van der Waals surface area contributed by atoms with Gasteiger partial charge in [0, 0.05) is 12.8 Å². The Hall–Kier alpha value is -4.56. The molecular weight excluding hydrogens is 633 g/mol. The van der Waals surface area contributed by atoms with Gasteiger partial charge < -0.3 is 29.3 Å². The molecule has 0 bridgehead atoms. The number of aliphatic carboxylic acids is 2. The average molecular weight is 667 g/mol. The minimum atomic E-state index is -1.30. The lowest BCUT2D eigenvalue weighted by molar-refractivity contribution is -0.140. The Kier molecular flexibility index (Phi) is 11.0. The predicted octanol–water partition coefficient (Wildman–Crippen LogP) is 5.64.